The molecular weight excluding hydrogens is 1140 g/mol. The Balaban J connectivity index is 0.000000139. The molecule has 0 saturated carbocycles. The molecule has 7 aromatic carbocycles. The summed E-state index contributed by atoms with van der Waals surface area (Å²) < 4.78 is 5.99. The highest BCUT2D eigenvalue weighted by Gasteiger charge is 2.57. The van der Waals surface area contributed by atoms with Gasteiger partial charge in [-0.3, -0.25) is 15.0 Å². The molecular formula is C79H99N7O6. The number of aliphatic hydroxyl groups excluding tert-OH is 5. The molecule has 14 rings (SSSR count). The van der Waals surface area contributed by atoms with Crippen LogP contribution in [0.1, 0.15) is 158 Å². The highest BCUT2D eigenvalue weighted by Crippen LogP contribution is 2.54. The van der Waals surface area contributed by atoms with Gasteiger partial charge in [-0.2, -0.15) is 0 Å². The first-order valence-corrected chi connectivity index (χ1v) is 31.8. The summed E-state index contributed by atoms with van der Waals surface area (Å²) in [6, 6.07) is 48.2. The van der Waals surface area contributed by atoms with Crippen molar-refractivity contribution in [2.45, 2.75) is 168 Å². The Morgan fingerprint density at radius 3 is 1.60 bits per heavy atom. The molecule has 13 heteroatoms. The fourth-order valence-electron chi connectivity index (χ4n) is 13.4. The Bertz CT molecular complexity index is 3940. The van der Waals surface area contributed by atoms with E-state index in [4.69, 9.17) is 25.8 Å². The molecule has 486 valence electrons. The first-order chi connectivity index (χ1) is 43.3. The van der Waals surface area contributed by atoms with Crippen LogP contribution in [0.15, 0.2) is 185 Å². The molecule has 0 aliphatic carbocycles. The Labute approximate surface area is 547 Å². The number of aliphatic imine (C=N–C) groups is 3. The zero-order valence-corrected chi connectivity index (χ0v) is 57.3. The van der Waals surface area contributed by atoms with Crippen LogP contribution < -0.4 is 20.4 Å². The minimum Gasteiger partial charge on any atom is -0.399 e. The molecule has 0 radical (unpaired) electrons. The van der Waals surface area contributed by atoms with Crippen molar-refractivity contribution in [3.05, 3.63) is 231 Å². The summed E-state index contributed by atoms with van der Waals surface area (Å²) in [5.41, 5.74) is 28.7. The molecule has 0 aromatic heterocycles. The number of fused-ring (bicyclic) bond motifs is 8. The van der Waals surface area contributed by atoms with Crippen LogP contribution >= 0.6 is 0 Å². The van der Waals surface area contributed by atoms with Gasteiger partial charge in [0.1, 0.15) is 5.72 Å². The minimum atomic E-state index is -0.156. The monoisotopic (exact) mass is 1240 g/mol. The number of anilines is 4. The Morgan fingerprint density at radius 1 is 0.467 bits per heavy atom. The second kappa shape index (κ2) is 27.3. The summed E-state index contributed by atoms with van der Waals surface area (Å²) in [5, 5.41) is 45.2. The molecule has 0 spiro atoms. The Hall–Kier alpha value is -8.01. The SMILES string of the molecule is C=C1N(C)c2cc(CO)ccc2C1(C)C.C=C1N(C)c2cccc(CO)c2C1(C)C.CC1(C)C=Nc2cc(CO)ccc21.CC1(C)C=Nc2cccc(CO)c21.CC1(C)c2ccccc2N2CCOC21C.CC1=Nc2ccccc2C1(C)C.Nc1cccc(CO)c1. The van der Waals surface area contributed by atoms with Gasteiger partial charge in [0.2, 0.25) is 0 Å². The predicted molar refractivity (Wildman–Crippen MR) is 383 cm³/mol. The fraction of sp³-hybridized carbons (Fsp3) is 0.380. The highest BCUT2D eigenvalue weighted by atomic mass is 16.5. The van der Waals surface area contributed by atoms with E-state index in [1.807, 2.05) is 105 Å². The lowest BCUT2D eigenvalue weighted by Crippen LogP contribution is -2.50. The van der Waals surface area contributed by atoms with E-state index in [1.54, 1.807) is 12.1 Å². The van der Waals surface area contributed by atoms with Crippen molar-refractivity contribution in [3.63, 3.8) is 0 Å². The molecule has 7 aliphatic rings. The molecule has 7 N–H and O–H groups in total. The quantitative estimate of drug-likeness (QED) is 0.0907. The first kappa shape index (κ1) is 69.9. The Kier molecular flexibility index (Phi) is 20.7. The normalized spacial score (nSPS) is 19.4. The molecule has 1 atom stereocenters. The number of nitrogens with two attached hydrogens (primary N) is 1. The van der Waals surface area contributed by atoms with Crippen LogP contribution in [0.2, 0.25) is 0 Å². The molecule has 0 amide bonds. The molecule has 1 saturated heterocycles. The van der Waals surface area contributed by atoms with Crippen LogP contribution in [-0.4, -0.2) is 76.6 Å². The van der Waals surface area contributed by atoms with E-state index in [-0.39, 0.29) is 71.2 Å². The zero-order chi connectivity index (χ0) is 67.5. The second-order valence-electron chi connectivity index (χ2n) is 28.0. The van der Waals surface area contributed by atoms with E-state index in [1.165, 1.54) is 39.2 Å². The molecule has 7 aliphatic heterocycles. The third kappa shape index (κ3) is 13.4. The van der Waals surface area contributed by atoms with E-state index in [2.05, 4.69) is 194 Å². The van der Waals surface area contributed by atoms with Crippen LogP contribution in [-0.2, 0) is 70.3 Å². The second-order valence-corrected chi connectivity index (χ2v) is 28.0. The molecule has 92 heavy (non-hydrogen) atoms. The third-order valence-electron chi connectivity index (χ3n) is 19.9. The fourth-order valence-corrected chi connectivity index (χ4v) is 13.4. The van der Waals surface area contributed by atoms with E-state index in [0.717, 1.165) is 86.4 Å². The van der Waals surface area contributed by atoms with E-state index >= 15 is 0 Å². The van der Waals surface area contributed by atoms with Crippen LogP contribution in [0.3, 0.4) is 0 Å². The predicted octanol–water partition coefficient (Wildman–Crippen LogP) is 15.5. The summed E-state index contributed by atoms with van der Waals surface area (Å²) >= 11 is 0. The molecule has 7 aromatic rings. The van der Waals surface area contributed by atoms with Crippen LogP contribution in [0, 0.1) is 0 Å². The number of benzene rings is 7. The number of rotatable bonds is 5. The van der Waals surface area contributed by atoms with Gasteiger partial charge in [-0.15, -0.1) is 0 Å². The zero-order valence-electron chi connectivity index (χ0n) is 57.3. The number of allylic oxidation sites excluding steroid dienone is 2. The van der Waals surface area contributed by atoms with Gasteiger partial charge in [-0.1, -0.05) is 193 Å². The van der Waals surface area contributed by atoms with Gasteiger partial charge >= 0.3 is 0 Å². The average molecular weight is 1240 g/mol. The third-order valence-corrected chi connectivity index (χ3v) is 19.9. The number of aliphatic hydroxyl groups is 5. The molecule has 7 heterocycles. The number of hydrogen-bond acceptors (Lipinski definition) is 13. The summed E-state index contributed by atoms with van der Waals surface area (Å²) in [5.74, 6) is 0. The maximum atomic E-state index is 9.36. The van der Waals surface area contributed by atoms with Crippen LogP contribution in [0.5, 0.6) is 0 Å². The smallest absolute Gasteiger partial charge is 0.147 e. The molecule has 0 bridgehead atoms. The molecule has 13 nitrogen and oxygen atoms in total. The van der Waals surface area contributed by atoms with Gasteiger partial charge in [-0.25, -0.2) is 0 Å². The van der Waals surface area contributed by atoms with Crippen molar-refractivity contribution in [1.29, 1.82) is 0 Å². The summed E-state index contributed by atoms with van der Waals surface area (Å²) in [6.07, 6.45) is 3.90. The van der Waals surface area contributed by atoms with Crippen molar-refractivity contribution in [1.82, 2.24) is 0 Å². The average Bonchev–Trinajstić information content (AvgIpc) is 1.55. The van der Waals surface area contributed by atoms with Gasteiger partial charge in [-0.05, 0) is 124 Å². The van der Waals surface area contributed by atoms with Crippen LogP contribution in [0.25, 0.3) is 0 Å². The number of nitrogens with zero attached hydrogens (tertiary/aromatic N) is 6. The minimum absolute atomic E-state index is 0.00192. The summed E-state index contributed by atoms with van der Waals surface area (Å²) in [6.45, 7) is 41.0. The van der Waals surface area contributed by atoms with Crippen molar-refractivity contribution >= 4 is 58.0 Å². The van der Waals surface area contributed by atoms with E-state index in [9.17, 15) is 10.2 Å². The van der Waals surface area contributed by atoms with Crippen molar-refractivity contribution in [3.8, 4) is 0 Å². The Morgan fingerprint density at radius 2 is 0.978 bits per heavy atom. The number of likely N-dealkylation sites (N-methyl/N-ethyl adjacent to an activating group) is 2. The van der Waals surface area contributed by atoms with Gasteiger partial charge in [0.05, 0.1) is 56.7 Å². The van der Waals surface area contributed by atoms with Crippen molar-refractivity contribution in [2.75, 3.05) is 47.7 Å². The van der Waals surface area contributed by atoms with E-state index < -0.39 is 0 Å². The number of para-hydroxylation sites is 2. The lowest BCUT2D eigenvalue weighted by Gasteiger charge is -2.38. The largest absolute Gasteiger partial charge is 0.399 e. The number of ether oxygens (including phenoxy) is 1. The van der Waals surface area contributed by atoms with Crippen LogP contribution in [0.4, 0.5) is 39.8 Å². The summed E-state index contributed by atoms with van der Waals surface area (Å²) in [7, 11) is 4.05. The maximum absolute atomic E-state index is 9.36. The maximum Gasteiger partial charge on any atom is 0.147 e. The van der Waals surface area contributed by atoms with Gasteiger partial charge in [0, 0.05) is 105 Å². The molecule has 1 unspecified atom stereocenters. The summed E-state index contributed by atoms with van der Waals surface area (Å²) in [4.78, 5) is 19.8. The topological polar surface area (TPSA) is 183 Å². The van der Waals surface area contributed by atoms with Crippen molar-refractivity contribution in [2.24, 2.45) is 15.0 Å². The van der Waals surface area contributed by atoms with E-state index in [0.29, 0.717) is 5.69 Å². The lowest BCUT2D eigenvalue weighted by atomic mass is 9.78. The van der Waals surface area contributed by atoms with Gasteiger partial charge in [0.15, 0.2) is 0 Å². The molecule has 1 fully saturated rings. The standard InChI is InChI=1S/3C13H17NO.2C11H13NO.C11H13N.C7H9NO/c1-12(2)10-6-4-5-7-11(10)14-8-9-15-13(12,14)3;1-9-13(2,3)11-6-5-10(8-15)7-12(11)14(9)4;1-9-13(2,3)12-10(8-15)6-5-7-11(12)14(9)4;1-11(2)7-12-10-5-8(6-13)3-4-9(10)11;1-11(2)7-12-9-5-3-4-8(6-13)10(9)11;1-8-11(2,3)9-6-4-5-7-10(9)12-8;8-7-3-1-2-6(4-7)5-9/h4-7H,8-9H2,1-3H3;2*5-7,15H,1,8H2,2-4H3;2*3-5,7,13H,6H2,1-2H3;4-7H,1-3H3;1-4,9H,5,8H2. The number of hydrogen-bond donors (Lipinski definition) is 6. The van der Waals surface area contributed by atoms with Gasteiger partial charge < -0.3 is 50.7 Å². The van der Waals surface area contributed by atoms with Gasteiger partial charge in [0.25, 0.3) is 0 Å². The first-order valence-electron chi connectivity index (χ1n) is 31.8. The lowest BCUT2D eigenvalue weighted by molar-refractivity contribution is -0.0250. The van der Waals surface area contributed by atoms with Crippen molar-refractivity contribution < 1.29 is 30.3 Å². The number of nitrogen functional groups attached to an aromatic ring is 1. The highest BCUT2D eigenvalue weighted by molar-refractivity contribution is 5.99.